The highest BCUT2D eigenvalue weighted by Gasteiger charge is 1.81. The molecule has 2 N–H and O–H groups in total. The maximum absolute atomic E-state index is 10.1. The molecule has 0 fully saturated rings. The number of carbonyl (C=O) groups excluding carboxylic acids is 1. The Hall–Kier alpha value is -0.0600. The molecule has 0 spiro atoms. The average Bonchev–Trinajstić information content (AvgIpc) is 1.80. The van der Waals surface area contributed by atoms with Gasteiger partial charge in [-0.15, -0.1) is 0 Å². The number of unbranched alkanes of at least 4 members (excludes halogenated alkanes) is 1. The number of allylic oxidation sites excluding steroid dienone is 1. The lowest BCUT2D eigenvalue weighted by atomic mass is 10.3. The fraction of sp³-hybridized carbons (Fsp3) is 0.500. The number of hydrogen-bond donors (Lipinski definition) is 1. The first kappa shape index (κ1) is 8.94. The number of primary amides is 1. The van der Waals surface area contributed by atoms with Crippen molar-refractivity contribution >= 4 is 28.5 Å². The minimum Gasteiger partial charge on any atom is -0.366 e. The third-order valence-electron chi connectivity index (χ3n) is 0.787. The molecule has 0 atom stereocenters. The molecule has 0 heterocycles. The van der Waals surface area contributed by atoms with Crippen molar-refractivity contribution in [1.82, 2.24) is 0 Å². The van der Waals surface area contributed by atoms with Gasteiger partial charge in [0.05, 0.1) is 0 Å². The topological polar surface area (TPSA) is 43.1 Å². The van der Waals surface area contributed by atoms with Crippen LogP contribution in [0.3, 0.4) is 0 Å². The van der Waals surface area contributed by atoms with Crippen LogP contribution in [0.4, 0.5) is 0 Å². The summed E-state index contributed by atoms with van der Waals surface area (Å²) in [5, 5.41) is 0. The number of hydrogen-bond acceptors (Lipinski definition) is 1. The van der Waals surface area contributed by atoms with Gasteiger partial charge >= 0.3 is 0 Å². The van der Waals surface area contributed by atoms with E-state index in [2.05, 4.69) is 22.6 Å². The van der Waals surface area contributed by atoms with E-state index in [4.69, 9.17) is 5.73 Å². The molecule has 0 aliphatic heterocycles. The standard InChI is InChI=1S/C6H10INO/c7-5-3-1-2-4-6(8)9/h2,4H,1,3,5H2,(H2,8,9). The number of alkyl halides is 1. The first-order chi connectivity index (χ1) is 4.27. The van der Waals surface area contributed by atoms with Gasteiger partial charge in [-0.3, -0.25) is 4.79 Å². The summed E-state index contributed by atoms with van der Waals surface area (Å²) in [4.78, 5) is 10.1. The SMILES string of the molecule is NC(=O)C=CCCCI. The smallest absolute Gasteiger partial charge is 0.241 e. The van der Waals surface area contributed by atoms with E-state index in [0.29, 0.717) is 0 Å². The zero-order chi connectivity index (χ0) is 7.11. The summed E-state index contributed by atoms with van der Waals surface area (Å²) in [6.45, 7) is 0. The molecule has 2 nitrogen and oxygen atoms in total. The van der Waals surface area contributed by atoms with Crippen molar-refractivity contribution in [3.8, 4) is 0 Å². The molecule has 3 heteroatoms. The molecular weight excluding hydrogens is 229 g/mol. The zero-order valence-corrected chi connectivity index (χ0v) is 7.30. The number of carbonyl (C=O) groups is 1. The van der Waals surface area contributed by atoms with E-state index >= 15 is 0 Å². The molecule has 0 rings (SSSR count). The summed E-state index contributed by atoms with van der Waals surface area (Å²) in [5.41, 5.74) is 4.85. The number of halogens is 1. The lowest BCUT2D eigenvalue weighted by Gasteiger charge is -1.84. The molecule has 9 heavy (non-hydrogen) atoms. The molecule has 0 aromatic rings. The van der Waals surface area contributed by atoms with Gasteiger partial charge in [-0.2, -0.15) is 0 Å². The van der Waals surface area contributed by atoms with E-state index in [-0.39, 0.29) is 5.91 Å². The van der Waals surface area contributed by atoms with Crippen LogP contribution in [0.1, 0.15) is 12.8 Å². The lowest BCUT2D eigenvalue weighted by Crippen LogP contribution is -2.05. The van der Waals surface area contributed by atoms with E-state index in [9.17, 15) is 4.79 Å². The van der Waals surface area contributed by atoms with Gasteiger partial charge in [-0.25, -0.2) is 0 Å². The van der Waals surface area contributed by atoms with E-state index in [1.807, 2.05) is 0 Å². The minimum atomic E-state index is -0.358. The molecule has 0 bridgehead atoms. The first-order valence-electron chi connectivity index (χ1n) is 2.79. The van der Waals surface area contributed by atoms with E-state index in [1.165, 1.54) is 6.08 Å². The Morgan fingerprint density at radius 2 is 2.33 bits per heavy atom. The predicted molar refractivity (Wildman–Crippen MR) is 46.5 cm³/mol. The highest BCUT2D eigenvalue weighted by Crippen LogP contribution is 1.94. The van der Waals surface area contributed by atoms with Crippen LogP contribution in [0.25, 0.3) is 0 Å². The van der Waals surface area contributed by atoms with Gasteiger partial charge in [0.25, 0.3) is 0 Å². The molecular formula is C6H10INO. The maximum Gasteiger partial charge on any atom is 0.241 e. The molecule has 0 saturated heterocycles. The van der Waals surface area contributed by atoms with Gasteiger partial charge in [0.15, 0.2) is 0 Å². The molecule has 1 amide bonds. The van der Waals surface area contributed by atoms with Crippen LogP contribution in [0.2, 0.25) is 0 Å². The highest BCUT2D eigenvalue weighted by atomic mass is 127. The summed E-state index contributed by atoms with van der Waals surface area (Å²) in [5.74, 6) is -0.358. The van der Waals surface area contributed by atoms with Crippen LogP contribution in [-0.2, 0) is 4.79 Å². The zero-order valence-electron chi connectivity index (χ0n) is 5.14. The molecule has 0 aromatic carbocycles. The fourth-order valence-electron chi connectivity index (χ4n) is 0.394. The van der Waals surface area contributed by atoms with Gasteiger partial charge < -0.3 is 5.73 Å². The summed E-state index contributed by atoms with van der Waals surface area (Å²) in [6, 6.07) is 0. The van der Waals surface area contributed by atoms with Gasteiger partial charge in [0.2, 0.25) is 5.91 Å². The van der Waals surface area contributed by atoms with Crippen LogP contribution in [0.15, 0.2) is 12.2 Å². The summed E-state index contributed by atoms with van der Waals surface area (Å²) in [7, 11) is 0. The van der Waals surface area contributed by atoms with Crippen LogP contribution in [-0.4, -0.2) is 10.3 Å². The largest absolute Gasteiger partial charge is 0.366 e. The normalized spacial score (nSPS) is 10.3. The molecule has 0 aromatic heterocycles. The maximum atomic E-state index is 10.1. The van der Waals surface area contributed by atoms with Crippen LogP contribution in [0, 0.1) is 0 Å². The van der Waals surface area contributed by atoms with Crippen LogP contribution in [0.5, 0.6) is 0 Å². The van der Waals surface area contributed by atoms with Crippen LogP contribution >= 0.6 is 22.6 Å². The first-order valence-corrected chi connectivity index (χ1v) is 4.32. The Bertz CT molecular complexity index is 112. The van der Waals surface area contributed by atoms with E-state index in [0.717, 1.165) is 17.3 Å². The number of nitrogens with two attached hydrogens (primary N) is 1. The van der Waals surface area contributed by atoms with Crippen molar-refractivity contribution in [2.24, 2.45) is 5.73 Å². The Balaban J connectivity index is 3.15. The highest BCUT2D eigenvalue weighted by molar-refractivity contribution is 14.1. The van der Waals surface area contributed by atoms with E-state index < -0.39 is 0 Å². The summed E-state index contributed by atoms with van der Waals surface area (Å²) >= 11 is 2.29. The van der Waals surface area contributed by atoms with Gasteiger partial charge in [-0.1, -0.05) is 28.7 Å². The third kappa shape index (κ3) is 7.94. The molecule has 0 radical (unpaired) electrons. The average molecular weight is 239 g/mol. The van der Waals surface area contributed by atoms with Crippen molar-refractivity contribution in [1.29, 1.82) is 0 Å². The fourth-order valence-corrected chi connectivity index (χ4v) is 0.835. The van der Waals surface area contributed by atoms with Crippen LogP contribution < -0.4 is 5.73 Å². The van der Waals surface area contributed by atoms with Crippen molar-refractivity contribution in [2.45, 2.75) is 12.8 Å². The number of amides is 1. The van der Waals surface area contributed by atoms with Crippen molar-refractivity contribution in [2.75, 3.05) is 4.43 Å². The second-order valence-corrected chi connectivity index (χ2v) is 2.71. The Morgan fingerprint density at radius 3 is 2.78 bits per heavy atom. The lowest BCUT2D eigenvalue weighted by molar-refractivity contribution is -0.113. The molecule has 0 aliphatic carbocycles. The molecule has 0 unspecified atom stereocenters. The third-order valence-corrected chi connectivity index (χ3v) is 1.55. The quantitative estimate of drug-likeness (QED) is 0.341. The van der Waals surface area contributed by atoms with Crippen molar-refractivity contribution in [3.05, 3.63) is 12.2 Å². The van der Waals surface area contributed by atoms with Crippen molar-refractivity contribution < 1.29 is 4.79 Å². The van der Waals surface area contributed by atoms with Gasteiger partial charge in [0, 0.05) is 0 Å². The second-order valence-electron chi connectivity index (χ2n) is 1.64. The Morgan fingerprint density at radius 1 is 1.67 bits per heavy atom. The Kier molecular flexibility index (Phi) is 6.03. The molecule has 0 aliphatic rings. The summed E-state index contributed by atoms with van der Waals surface area (Å²) < 4.78 is 1.13. The van der Waals surface area contributed by atoms with E-state index in [1.54, 1.807) is 6.08 Å². The van der Waals surface area contributed by atoms with Gasteiger partial charge in [0.1, 0.15) is 0 Å². The monoisotopic (exact) mass is 239 g/mol. The predicted octanol–water partition coefficient (Wildman–Crippen LogP) is 1.24. The molecule has 0 saturated carbocycles. The minimum absolute atomic E-state index is 0.358. The molecule has 52 valence electrons. The Labute approximate surface area is 68.6 Å². The van der Waals surface area contributed by atoms with Crippen molar-refractivity contribution in [3.63, 3.8) is 0 Å². The number of rotatable bonds is 4. The summed E-state index contributed by atoms with van der Waals surface area (Å²) in [6.07, 6.45) is 5.28. The van der Waals surface area contributed by atoms with Gasteiger partial charge in [-0.05, 0) is 23.3 Å². The second kappa shape index (κ2) is 6.07.